The van der Waals surface area contributed by atoms with E-state index < -0.39 is 0 Å². The van der Waals surface area contributed by atoms with E-state index in [0.29, 0.717) is 6.04 Å². The third-order valence-electron chi connectivity index (χ3n) is 4.92. The van der Waals surface area contributed by atoms with Crippen molar-refractivity contribution in [3.63, 3.8) is 0 Å². The Morgan fingerprint density at radius 2 is 1.48 bits per heavy atom. The number of rotatable bonds is 3. The minimum atomic E-state index is -0.0996. The van der Waals surface area contributed by atoms with E-state index in [-0.39, 0.29) is 6.10 Å². The topological polar surface area (TPSA) is 35.5 Å². The van der Waals surface area contributed by atoms with Crippen molar-refractivity contribution in [3.8, 4) is 0 Å². The lowest BCUT2D eigenvalue weighted by molar-refractivity contribution is 0.145. The van der Waals surface area contributed by atoms with Crippen molar-refractivity contribution in [3.05, 3.63) is 24.3 Å². The number of anilines is 2. The maximum atomic E-state index is 9.59. The van der Waals surface area contributed by atoms with E-state index in [9.17, 15) is 5.11 Å². The Kier molecular flexibility index (Phi) is 5.02. The molecule has 1 aliphatic carbocycles. The summed E-state index contributed by atoms with van der Waals surface area (Å²) >= 11 is 0. The van der Waals surface area contributed by atoms with Gasteiger partial charge in [0.1, 0.15) is 0 Å². The zero-order valence-corrected chi connectivity index (χ0v) is 12.9. The van der Waals surface area contributed by atoms with E-state index in [1.807, 2.05) is 0 Å². The van der Waals surface area contributed by atoms with Crippen molar-refractivity contribution in [2.45, 2.75) is 63.5 Å². The summed E-state index contributed by atoms with van der Waals surface area (Å²) in [6.07, 6.45) is 9.84. The van der Waals surface area contributed by atoms with Crippen LogP contribution < -0.4 is 10.2 Å². The van der Waals surface area contributed by atoms with Crippen molar-refractivity contribution in [2.24, 2.45) is 0 Å². The Hall–Kier alpha value is -1.22. The Morgan fingerprint density at radius 3 is 2.10 bits per heavy atom. The predicted molar refractivity (Wildman–Crippen MR) is 89.0 cm³/mol. The molecule has 1 heterocycles. The predicted octanol–water partition coefficient (Wildman–Crippen LogP) is 3.78. The number of aliphatic hydroxyl groups excluding tert-OH is 1. The lowest BCUT2D eigenvalue weighted by Gasteiger charge is -2.31. The number of nitrogens with one attached hydrogen (secondary N) is 1. The van der Waals surface area contributed by atoms with Crippen LogP contribution in [0, 0.1) is 0 Å². The quantitative estimate of drug-likeness (QED) is 0.831. The molecular weight excluding hydrogens is 260 g/mol. The average Bonchev–Trinajstić information content (AvgIpc) is 2.78. The monoisotopic (exact) mass is 288 g/mol. The van der Waals surface area contributed by atoms with Crippen LogP contribution in [0.25, 0.3) is 0 Å². The van der Waals surface area contributed by atoms with Gasteiger partial charge in [0.05, 0.1) is 6.10 Å². The molecule has 116 valence electrons. The highest BCUT2D eigenvalue weighted by molar-refractivity contribution is 5.55. The number of hydrogen-bond acceptors (Lipinski definition) is 3. The maximum Gasteiger partial charge on any atom is 0.0574 e. The van der Waals surface area contributed by atoms with E-state index in [1.54, 1.807) is 0 Å². The van der Waals surface area contributed by atoms with Gasteiger partial charge in [0.2, 0.25) is 0 Å². The lowest BCUT2D eigenvalue weighted by atomic mass is 10.1. The molecule has 2 fully saturated rings. The number of aliphatic hydroxyl groups is 1. The first-order valence-electron chi connectivity index (χ1n) is 8.61. The summed E-state index contributed by atoms with van der Waals surface area (Å²) in [6.45, 7) is 1.94. The van der Waals surface area contributed by atoms with Crippen LogP contribution in [-0.4, -0.2) is 30.3 Å². The molecule has 1 aliphatic heterocycles. The molecule has 0 unspecified atom stereocenters. The summed E-state index contributed by atoms with van der Waals surface area (Å²) in [5, 5.41) is 13.3. The fourth-order valence-electron chi connectivity index (χ4n) is 3.55. The van der Waals surface area contributed by atoms with Gasteiger partial charge in [-0.05, 0) is 49.9 Å². The fraction of sp³-hybridized carbons (Fsp3) is 0.667. The molecule has 0 amide bonds. The van der Waals surface area contributed by atoms with Gasteiger partial charge < -0.3 is 15.3 Å². The van der Waals surface area contributed by atoms with Gasteiger partial charge in [-0.3, -0.25) is 0 Å². The van der Waals surface area contributed by atoms with Crippen LogP contribution in [0.2, 0.25) is 0 Å². The smallest absolute Gasteiger partial charge is 0.0574 e. The molecule has 3 nitrogen and oxygen atoms in total. The molecule has 1 aromatic rings. The Labute approximate surface area is 128 Å². The van der Waals surface area contributed by atoms with Crippen molar-refractivity contribution in [1.29, 1.82) is 0 Å². The Balaban J connectivity index is 1.56. The van der Waals surface area contributed by atoms with Gasteiger partial charge in [-0.25, -0.2) is 0 Å². The van der Waals surface area contributed by atoms with Gasteiger partial charge in [0.25, 0.3) is 0 Å². The van der Waals surface area contributed by atoms with E-state index in [1.165, 1.54) is 49.9 Å². The first-order chi connectivity index (χ1) is 10.3. The average molecular weight is 288 g/mol. The highest BCUT2D eigenvalue weighted by atomic mass is 16.3. The largest absolute Gasteiger partial charge is 0.393 e. The van der Waals surface area contributed by atoms with Crippen molar-refractivity contribution >= 4 is 11.4 Å². The van der Waals surface area contributed by atoms with Gasteiger partial charge in [-0.1, -0.05) is 25.7 Å². The third-order valence-corrected chi connectivity index (χ3v) is 4.92. The second-order valence-corrected chi connectivity index (χ2v) is 6.60. The summed E-state index contributed by atoms with van der Waals surface area (Å²) in [5.74, 6) is 0. The van der Waals surface area contributed by atoms with Crippen LogP contribution in [0.4, 0.5) is 11.4 Å². The molecule has 0 bridgehead atoms. The van der Waals surface area contributed by atoms with Gasteiger partial charge >= 0.3 is 0 Å². The van der Waals surface area contributed by atoms with Crippen LogP contribution in [0.3, 0.4) is 0 Å². The molecule has 2 N–H and O–H groups in total. The van der Waals surface area contributed by atoms with Gasteiger partial charge in [-0.15, -0.1) is 0 Å². The summed E-state index contributed by atoms with van der Waals surface area (Å²) in [7, 11) is 0. The van der Waals surface area contributed by atoms with Crippen LogP contribution in [-0.2, 0) is 0 Å². The van der Waals surface area contributed by atoms with E-state index in [0.717, 1.165) is 25.9 Å². The lowest BCUT2D eigenvalue weighted by Crippen LogP contribution is -2.35. The molecule has 21 heavy (non-hydrogen) atoms. The van der Waals surface area contributed by atoms with Crippen molar-refractivity contribution in [2.75, 3.05) is 23.3 Å². The first kappa shape index (κ1) is 14.7. The van der Waals surface area contributed by atoms with Gasteiger partial charge in [0, 0.05) is 30.5 Å². The van der Waals surface area contributed by atoms with Gasteiger partial charge in [0.15, 0.2) is 0 Å². The molecule has 3 rings (SSSR count). The summed E-state index contributed by atoms with van der Waals surface area (Å²) in [5.41, 5.74) is 2.54. The van der Waals surface area contributed by atoms with Gasteiger partial charge in [-0.2, -0.15) is 0 Å². The van der Waals surface area contributed by atoms with Crippen LogP contribution in [0.15, 0.2) is 24.3 Å². The Morgan fingerprint density at radius 1 is 0.857 bits per heavy atom. The molecule has 0 spiro atoms. The van der Waals surface area contributed by atoms with Crippen molar-refractivity contribution < 1.29 is 5.11 Å². The fourth-order valence-corrected chi connectivity index (χ4v) is 3.55. The number of hydrogen-bond donors (Lipinski definition) is 2. The zero-order chi connectivity index (χ0) is 14.5. The molecule has 1 aromatic carbocycles. The second kappa shape index (κ2) is 7.17. The minimum absolute atomic E-state index is 0.0996. The van der Waals surface area contributed by atoms with Crippen LogP contribution in [0.1, 0.15) is 51.4 Å². The third kappa shape index (κ3) is 4.13. The molecule has 0 atom stereocenters. The Bertz CT molecular complexity index is 415. The van der Waals surface area contributed by atoms with E-state index >= 15 is 0 Å². The summed E-state index contributed by atoms with van der Waals surface area (Å²) < 4.78 is 0. The molecule has 1 saturated carbocycles. The molecule has 0 radical (unpaired) electrons. The zero-order valence-electron chi connectivity index (χ0n) is 12.9. The highest BCUT2D eigenvalue weighted by Gasteiger charge is 2.17. The SMILES string of the molecule is OC1CCN(c2ccc(NC3CCCCCC3)cc2)CC1. The molecule has 1 saturated heterocycles. The normalized spacial score (nSPS) is 22.0. The number of benzene rings is 1. The number of piperidine rings is 1. The minimum Gasteiger partial charge on any atom is -0.393 e. The molecular formula is C18H28N2O. The van der Waals surface area contributed by atoms with Crippen molar-refractivity contribution in [1.82, 2.24) is 0 Å². The van der Waals surface area contributed by atoms with E-state index in [2.05, 4.69) is 34.5 Å². The second-order valence-electron chi connectivity index (χ2n) is 6.60. The van der Waals surface area contributed by atoms with Crippen LogP contribution in [0.5, 0.6) is 0 Å². The summed E-state index contributed by atoms with van der Waals surface area (Å²) in [6, 6.07) is 9.52. The maximum absolute atomic E-state index is 9.59. The van der Waals surface area contributed by atoms with Crippen LogP contribution >= 0.6 is 0 Å². The highest BCUT2D eigenvalue weighted by Crippen LogP contribution is 2.24. The molecule has 3 heteroatoms. The number of nitrogens with zero attached hydrogens (tertiary/aromatic N) is 1. The molecule has 2 aliphatic rings. The standard InChI is InChI=1S/C18H28N2O/c21-18-11-13-20(14-12-18)17-9-7-16(8-10-17)19-15-5-3-1-2-4-6-15/h7-10,15,18-19,21H,1-6,11-14H2. The van der Waals surface area contributed by atoms with E-state index in [4.69, 9.17) is 0 Å². The summed E-state index contributed by atoms with van der Waals surface area (Å²) in [4.78, 5) is 2.38. The molecule has 0 aromatic heterocycles. The first-order valence-corrected chi connectivity index (χ1v) is 8.61.